The van der Waals surface area contributed by atoms with E-state index in [0.717, 1.165) is 5.46 Å². The second-order valence-corrected chi connectivity index (χ2v) is 22.5. The Hall–Kier alpha value is -1.36. The van der Waals surface area contributed by atoms with Crippen LogP contribution in [0.5, 0.6) is 0 Å². The minimum absolute atomic E-state index is 0.312. The van der Waals surface area contributed by atoms with Crippen molar-refractivity contribution in [2.75, 3.05) is 7.15 Å². The molecule has 0 atom stereocenters. The molecular formula is C43H53B3BrFO6S4. The third-order valence-corrected chi connectivity index (χ3v) is 17.9. The van der Waals surface area contributed by atoms with E-state index in [4.69, 9.17) is 29.3 Å². The van der Waals surface area contributed by atoms with Gasteiger partial charge in [-0.1, -0.05) is 89.5 Å². The van der Waals surface area contributed by atoms with Crippen molar-refractivity contribution in [3.63, 3.8) is 0 Å². The van der Waals surface area contributed by atoms with E-state index in [0.29, 0.717) is 0 Å². The highest BCUT2D eigenvalue weighted by Gasteiger charge is 2.63. The Balaban J connectivity index is 0.000000147. The summed E-state index contributed by atoms with van der Waals surface area (Å²) in [5, 5.41) is 0. The highest BCUT2D eigenvalue weighted by Crippen LogP contribution is 2.51. The maximum atomic E-state index is 9.96. The van der Waals surface area contributed by atoms with E-state index < -0.39 is 21.2 Å². The molecule has 3 fully saturated rings. The lowest BCUT2D eigenvalue weighted by Crippen LogP contribution is -2.41. The van der Waals surface area contributed by atoms with Gasteiger partial charge in [-0.25, -0.2) is 0 Å². The fraction of sp³-hybridized carbons (Fsp3) is 0.442. The van der Waals surface area contributed by atoms with E-state index in [1.807, 2.05) is 102 Å². The Morgan fingerprint density at radius 1 is 0.448 bits per heavy atom. The van der Waals surface area contributed by atoms with Gasteiger partial charge in [0.1, 0.15) is 0 Å². The average Bonchev–Trinajstić information content (AvgIpc) is 3.63. The normalized spacial score (nSPS) is 22.0. The van der Waals surface area contributed by atoms with Gasteiger partial charge in [-0.05, 0) is 147 Å². The van der Waals surface area contributed by atoms with Crippen molar-refractivity contribution in [3.05, 3.63) is 89.4 Å². The molecular weight excluding hydrogens is 872 g/mol. The molecule has 0 N–H and O–H groups in total. The summed E-state index contributed by atoms with van der Waals surface area (Å²) in [7, 11) is -2.26. The lowest BCUT2D eigenvalue weighted by Gasteiger charge is -2.32. The second kappa shape index (κ2) is 17.4. The van der Waals surface area contributed by atoms with Gasteiger partial charge in [-0.15, -0.1) is 0 Å². The second-order valence-electron chi connectivity index (χ2n) is 17.4. The highest BCUT2D eigenvalue weighted by atomic mass is 79.9. The number of fused-ring (bicyclic) bond motifs is 4. The maximum absolute atomic E-state index is 9.96. The molecule has 0 spiro atoms. The number of hydrogen-bond donors (Lipinski definition) is 0. The van der Waals surface area contributed by atoms with E-state index in [1.54, 1.807) is 0 Å². The molecule has 4 aromatic carbocycles. The zero-order valence-electron chi connectivity index (χ0n) is 36.4. The molecule has 6 nitrogen and oxygen atoms in total. The molecule has 5 heterocycles. The molecule has 0 radical (unpaired) electrons. The molecule has 4 aromatic rings. The van der Waals surface area contributed by atoms with Gasteiger partial charge in [-0.3, -0.25) is 4.39 Å². The van der Waals surface area contributed by atoms with E-state index in [2.05, 4.69) is 129 Å². The Labute approximate surface area is 373 Å². The van der Waals surface area contributed by atoms with Gasteiger partial charge in [-0.2, -0.15) is 0 Å². The maximum Gasteiger partial charge on any atom is 0.496 e. The zero-order valence-corrected chi connectivity index (χ0v) is 40.2. The fourth-order valence-electron chi connectivity index (χ4n) is 6.24. The van der Waals surface area contributed by atoms with E-state index >= 15 is 0 Å². The molecule has 15 heteroatoms. The molecule has 5 aliphatic rings. The molecule has 9 rings (SSSR count). The molecule has 0 amide bonds. The van der Waals surface area contributed by atoms with Gasteiger partial charge >= 0.3 is 21.1 Å². The molecule has 5 aliphatic heterocycles. The van der Waals surface area contributed by atoms with Gasteiger partial charge in [0, 0.05) is 43.6 Å². The largest absolute Gasteiger partial charge is 0.496 e. The van der Waals surface area contributed by atoms with Crippen molar-refractivity contribution in [2.24, 2.45) is 0 Å². The van der Waals surface area contributed by atoms with Crippen molar-refractivity contribution in [3.8, 4) is 0 Å². The molecule has 58 heavy (non-hydrogen) atoms. The summed E-state index contributed by atoms with van der Waals surface area (Å²) in [6.07, 6.45) is 0. The van der Waals surface area contributed by atoms with Crippen LogP contribution in [0.15, 0.2) is 129 Å². The smallest absolute Gasteiger partial charge is 0.405 e. The van der Waals surface area contributed by atoms with Gasteiger partial charge in [0.05, 0.1) is 42.1 Å². The third kappa shape index (κ3) is 9.36. The Bertz CT molecular complexity index is 2060. The van der Waals surface area contributed by atoms with Gasteiger partial charge in [0.15, 0.2) is 0 Å². The standard InChI is InChI=1S/C18H19BO2S2.C12H24B2O4.C12H7BrS2.CH3F/c1-17(2)18(3,4)21-19(20-17)12-8-7-11-15-16(12)23-14-10-6-5-9-13(14)22-15;1-9(2)10(3,4)16-13(15-9)14-17-11(5,6)12(7,8)18-14;13-8-4-3-7-11-12(8)15-10-6-2-1-5-9(10)14-11;1-2/h5-11H,1-4H3;1-8H3;1-7H;1H3/i;;;1D. The van der Waals surface area contributed by atoms with Crippen LogP contribution in [0.25, 0.3) is 0 Å². The number of rotatable bonds is 2. The van der Waals surface area contributed by atoms with Crippen molar-refractivity contribution >= 4 is 89.6 Å². The molecule has 0 bridgehead atoms. The van der Waals surface area contributed by atoms with Crippen LogP contribution in [0.1, 0.15) is 84.5 Å². The van der Waals surface area contributed by atoms with Gasteiger partial charge in [0.25, 0.3) is 0 Å². The first-order chi connectivity index (χ1) is 27.5. The van der Waals surface area contributed by atoms with Gasteiger partial charge < -0.3 is 27.9 Å². The fourth-order valence-corrected chi connectivity index (χ4v) is 11.6. The van der Waals surface area contributed by atoms with Gasteiger partial charge in [0.2, 0.25) is 0 Å². The topological polar surface area (TPSA) is 55.4 Å². The van der Waals surface area contributed by atoms with Crippen LogP contribution in [0.4, 0.5) is 4.39 Å². The average molecular weight is 927 g/mol. The van der Waals surface area contributed by atoms with Crippen LogP contribution < -0.4 is 5.46 Å². The summed E-state index contributed by atoms with van der Waals surface area (Å²) >= 11 is 10.9. The van der Waals surface area contributed by atoms with Crippen LogP contribution in [0.2, 0.25) is 0 Å². The quantitative estimate of drug-likeness (QED) is 0.157. The minimum Gasteiger partial charge on any atom is -0.405 e. The number of alkyl halides is 1. The third-order valence-electron chi connectivity index (χ3n) is 11.8. The first-order valence-electron chi connectivity index (χ1n) is 20.0. The first-order valence-corrected chi connectivity index (χ1v) is 23.3. The summed E-state index contributed by atoms with van der Waals surface area (Å²) in [6.45, 7) is 24.6. The summed E-state index contributed by atoms with van der Waals surface area (Å²) in [5.74, 6) is 0. The van der Waals surface area contributed by atoms with Crippen molar-refractivity contribution in [1.29, 1.82) is 0 Å². The molecule has 0 saturated carbocycles. The minimum atomic E-state index is -1.00. The summed E-state index contributed by atoms with van der Waals surface area (Å²) in [4.78, 5) is 10.5. The number of benzene rings is 4. The summed E-state index contributed by atoms with van der Waals surface area (Å²) < 4.78 is 53.1. The van der Waals surface area contributed by atoms with E-state index in [1.165, 1.54) is 43.6 Å². The van der Waals surface area contributed by atoms with E-state index in [9.17, 15) is 4.39 Å². The van der Waals surface area contributed by atoms with Crippen molar-refractivity contribution < 1.29 is 33.7 Å². The highest BCUT2D eigenvalue weighted by molar-refractivity contribution is 9.10. The number of halogens is 2. The Morgan fingerprint density at radius 3 is 1.17 bits per heavy atom. The summed E-state index contributed by atoms with van der Waals surface area (Å²) in [5.41, 5.74) is -0.936. The molecule has 0 aromatic heterocycles. The summed E-state index contributed by atoms with van der Waals surface area (Å²) in [6, 6.07) is 29.8. The van der Waals surface area contributed by atoms with Crippen molar-refractivity contribution in [1.82, 2.24) is 0 Å². The van der Waals surface area contributed by atoms with E-state index in [-0.39, 0.29) is 40.7 Å². The Morgan fingerprint density at radius 2 is 0.759 bits per heavy atom. The predicted octanol–water partition coefficient (Wildman–Crippen LogP) is 12.5. The lowest BCUT2D eigenvalue weighted by atomic mass is 9.49. The van der Waals surface area contributed by atoms with Crippen LogP contribution in [-0.4, -0.2) is 61.9 Å². The Kier molecular flexibility index (Phi) is 13.4. The van der Waals surface area contributed by atoms with Crippen LogP contribution >= 0.6 is 63.0 Å². The first kappa shape index (κ1) is 44.7. The van der Waals surface area contributed by atoms with Crippen molar-refractivity contribution in [2.45, 2.75) is 156 Å². The molecule has 0 unspecified atom stereocenters. The molecule has 0 aliphatic carbocycles. The van der Waals surface area contributed by atoms with Crippen LogP contribution in [0.3, 0.4) is 0 Å². The zero-order chi connectivity index (χ0) is 43.2. The SMILES string of the molecule is Brc1cccc2c1Sc1ccccc1S2.CC1(C)OB(B2OC(C)(C)C(C)(C)O2)OC1(C)C.CC1(C)OB(c2cccc3c2Sc2ccccc2S3)OC1(C)C.[2H]CF. The van der Waals surface area contributed by atoms with Crippen LogP contribution in [0, 0.1) is 0 Å². The lowest BCUT2D eigenvalue weighted by molar-refractivity contribution is 0.00578. The predicted molar refractivity (Wildman–Crippen MR) is 245 cm³/mol. The number of hydrogen-bond acceptors (Lipinski definition) is 10. The monoisotopic (exact) mass is 925 g/mol. The van der Waals surface area contributed by atoms with Crippen LogP contribution in [-0.2, 0) is 27.9 Å². The molecule has 308 valence electrons. The molecule has 3 saturated heterocycles.